The Hall–Kier alpha value is -3.67. The van der Waals surface area contributed by atoms with Crippen molar-refractivity contribution in [3.05, 3.63) is 89.5 Å². The van der Waals surface area contributed by atoms with Gasteiger partial charge < -0.3 is 9.30 Å². The SMILES string of the molecule is Cc1c(C)n(C)c2ccnc(N(Cc3ccc(F)cc3)C(=O)Oc3ccccc3)c12. The maximum atomic E-state index is 13.4. The highest BCUT2D eigenvalue weighted by Crippen LogP contribution is 2.32. The maximum absolute atomic E-state index is 13.4. The molecule has 4 rings (SSSR count). The number of halogens is 1. The number of hydrogen-bond acceptors (Lipinski definition) is 3. The summed E-state index contributed by atoms with van der Waals surface area (Å²) in [4.78, 5) is 19.2. The summed E-state index contributed by atoms with van der Waals surface area (Å²) in [5, 5.41) is 0.893. The first-order valence-electron chi connectivity index (χ1n) is 9.65. The Balaban J connectivity index is 1.81. The molecule has 0 aliphatic heterocycles. The van der Waals surface area contributed by atoms with E-state index in [0.29, 0.717) is 11.6 Å². The minimum absolute atomic E-state index is 0.200. The third-order valence-corrected chi connectivity index (χ3v) is 5.37. The molecule has 0 N–H and O–H groups in total. The highest BCUT2D eigenvalue weighted by atomic mass is 19.1. The lowest BCUT2D eigenvalue weighted by atomic mass is 10.1. The second-order valence-corrected chi connectivity index (χ2v) is 7.19. The Labute approximate surface area is 174 Å². The number of para-hydroxylation sites is 1. The van der Waals surface area contributed by atoms with Crippen LogP contribution in [0.25, 0.3) is 10.9 Å². The van der Waals surface area contributed by atoms with Crippen LogP contribution in [0.15, 0.2) is 66.9 Å². The third kappa shape index (κ3) is 3.64. The molecule has 152 valence electrons. The monoisotopic (exact) mass is 403 g/mol. The molecule has 0 atom stereocenters. The number of pyridine rings is 1. The van der Waals surface area contributed by atoms with Gasteiger partial charge >= 0.3 is 6.09 Å². The first kappa shape index (κ1) is 19.6. The van der Waals surface area contributed by atoms with Gasteiger partial charge in [0.05, 0.1) is 12.1 Å². The Morgan fingerprint density at radius 3 is 2.47 bits per heavy atom. The standard InChI is InChI=1S/C24H22FN3O2/c1-16-17(2)27(3)21-13-14-26-23(22(16)21)28(15-18-9-11-19(25)12-10-18)24(29)30-20-7-5-4-6-8-20/h4-14H,15H2,1-3H3. The molecule has 0 fully saturated rings. The minimum atomic E-state index is -0.550. The van der Waals surface area contributed by atoms with Gasteiger partial charge in [0.15, 0.2) is 0 Å². The van der Waals surface area contributed by atoms with Crippen LogP contribution < -0.4 is 9.64 Å². The van der Waals surface area contributed by atoms with Crippen LogP contribution in [-0.2, 0) is 13.6 Å². The molecular formula is C24H22FN3O2. The first-order chi connectivity index (χ1) is 14.5. The molecule has 2 heterocycles. The fourth-order valence-corrected chi connectivity index (χ4v) is 3.54. The van der Waals surface area contributed by atoms with Gasteiger partial charge in [-0.3, -0.25) is 4.90 Å². The number of nitrogens with zero attached hydrogens (tertiary/aromatic N) is 3. The lowest BCUT2D eigenvalue weighted by Crippen LogP contribution is -2.34. The molecule has 0 spiro atoms. The van der Waals surface area contributed by atoms with Crippen LogP contribution in [0.1, 0.15) is 16.8 Å². The van der Waals surface area contributed by atoms with E-state index in [1.165, 1.54) is 17.0 Å². The molecule has 0 unspecified atom stereocenters. The fourth-order valence-electron chi connectivity index (χ4n) is 3.54. The van der Waals surface area contributed by atoms with E-state index in [-0.39, 0.29) is 12.4 Å². The van der Waals surface area contributed by atoms with Crippen molar-refractivity contribution >= 4 is 22.8 Å². The number of rotatable bonds is 4. The van der Waals surface area contributed by atoms with E-state index in [2.05, 4.69) is 9.55 Å². The van der Waals surface area contributed by atoms with Gasteiger partial charge in [-0.05, 0) is 55.3 Å². The first-order valence-corrected chi connectivity index (χ1v) is 9.65. The van der Waals surface area contributed by atoms with Gasteiger partial charge in [0.2, 0.25) is 0 Å². The number of carbonyl (C=O) groups is 1. The maximum Gasteiger partial charge on any atom is 0.421 e. The average molecular weight is 403 g/mol. The molecule has 0 radical (unpaired) electrons. The lowest BCUT2D eigenvalue weighted by Gasteiger charge is -2.22. The Kier molecular flexibility index (Phi) is 5.23. The Bertz CT molecular complexity index is 1200. The summed E-state index contributed by atoms with van der Waals surface area (Å²) in [7, 11) is 1.99. The van der Waals surface area contributed by atoms with Gasteiger partial charge in [-0.2, -0.15) is 0 Å². The zero-order chi connectivity index (χ0) is 21.3. The predicted octanol–water partition coefficient (Wildman–Crippen LogP) is 5.53. The minimum Gasteiger partial charge on any atom is -0.410 e. The van der Waals surface area contributed by atoms with Crippen molar-refractivity contribution in [2.24, 2.45) is 7.05 Å². The summed E-state index contributed by atoms with van der Waals surface area (Å²) in [6.07, 6.45) is 1.13. The van der Waals surface area contributed by atoms with Crippen LogP contribution in [0.3, 0.4) is 0 Å². The summed E-state index contributed by atoms with van der Waals surface area (Å²) >= 11 is 0. The number of fused-ring (bicyclic) bond motifs is 1. The molecule has 4 aromatic rings. The number of amides is 1. The molecule has 0 saturated heterocycles. The van der Waals surface area contributed by atoms with Crippen molar-refractivity contribution in [3.63, 3.8) is 0 Å². The van der Waals surface area contributed by atoms with Crippen molar-refractivity contribution in [1.82, 2.24) is 9.55 Å². The second kappa shape index (κ2) is 7.99. The van der Waals surface area contributed by atoms with Crippen molar-refractivity contribution in [2.45, 2.75) is 20.4 Å². The molecule has 30 heavy (non-hydrogen) atoms. The molecule has 6 heteroatoms. The zero-order valence-corrected chi connectivity index (χ0v) is 17.1. The van der Waals surface area contributed by atoms with E-state index in [0.717, 1.165) is 27.7 Å². The van der Waals surface area contributed by atoms with E-state index in [9.17, 15) is 9.18 Å². The highest BCUT2D eigenvalue weighted by molar-refractivity contribution is 6.01. The van der Waals surface area contributed by atoms with Gasteiger partial charge in [0.25, 0.3) is 0 Å². The molecule has 1 amide bonds. The van der Waals surface area contributed by atoms with Crippen molar-refractivity contribution in [3.8, 4) is 5.75 Å². The van der Waals surface area contributed by atoms with Crippen LogP contribution in [0.5, 0.6) is 5.75 Å². The third-order valence-electron chi connectivity index (χ3n) is 5.37. The molecular weight excluding hydrogens is 381 g/mol. The molecule has 2 aromatic carbocycles. The fraction of sp³-hybridized carbons (Fsp3) is 0.167. The van der Waals surface area contributed by atoms with E-state index < -0.39 is 6.09 Å². The zero-order valence-electron chi connectivity index (χ0n) is 17.1. The number of anilines is 1. The quantitative estimate of drug-likeness (QED) is 0.450. The smallest absolute Gasteiger partial charge is 0.410 e. The van der Waals surface area contributed by atoms with Crippen LogP contribution in [0.4, 0.5) is 15.0 Å². The summed E-state index contributed by atoms with van der Waals surface area (Å²) in [6, 6.07) is 16.9. The van der Waals surface area contributed by atoms with E-state index in [1.54, 1.807) is 42.6 Å². The van der Waals surface area contributed by atoms with E-state index in [4.69, 9.17) is 4.74 Å². The summed E-state index contributed by atoms with van der Waals surface area (Å²) in [5.41, 5.74) is 3.89. The second-order valence-electron chi connectivity index (χ2n) is 7.19. The Morgan fingerprint density at radius 1 is 1.07 bits per heavy atom. The van der Waals surface area contributed by atoms with Crippen molar-refractivity contribution < 1.29 is 13.9 Å². The highest BCUT2D eigenvalue weighted by Gasteiger charge is 2.25. The number of aryl methyl sites for hydroxylation is 2. The largest absolute Gasteiger partial charge is 0.421 e. The van der Waals surface area contributed by atoms with E-state index in [1.807, 2.05) is 33.0 Å². The molecule has 0 saturated carbocycles. The molecule has 5 nitrogen and oxygen atoms in total. The van der Waals surface area contributed by atoms with Crippen LogP contribution in [0, 0.1) is 19.7 Å². The Morgan fingerprint density at radius 2 is 1.77 bits per heavy atom. The number of ether oxygens (including phenoxy) is 1. The average Bonchev–Trinajstić information content (AvgIpc) is 2.98. The van der Waals surface area contributed by atoms with Gasteiger partial charge in [0, 0.05) is 24.3 Å². The van der Waals surface area contributed by atoms with Gasteiger partial charge in [0.1, 0.15) is 17.4 Å². The molecule has 0 aliphatic rings. The molecule has 0 aliphatic carbocycles. The predicted molar refractivity (Wildman–Crippen MR) is 115 cm³/mol. The number of aromatic nitrogens is 2. The van der Waals surface area contributed by atoms with Gasteiger partial charge in [-0.15, -0.1) is 0 Å². The summed E-state index contributed by atoms with van der Waals surface area (Å²) < 4.78 is 21.1. The lowest BCUT2D eigenvalue weighted by molar-refractivity contribution is 0.207. The van der Waals surface area contributed by atoms with Crippen molar-refractivity contribution in [1.29, 1.82) is 0 Å². The number of carbonyl (C=O) groups excluding carboxylic acids is 1. The van der Waals surface area contributed by atoms with Gasteiger partial charge in [-0.1, -0.05) is 30.3 Å². The molecule has 0 bridgehead atoms. The van der Waals surface area contributed by atoms with Gasteiger partial charge in [-0.25, -0.2) is 14.2 Å². The normalized spacial score (nSPS) is 10.9. The number of hydrogen-bond donors (Lipinski definition) is 0. The summed E-state index contributed by atoms with van der Waals surface area (Å²) in [5.74, 6) is 0.630. The topological polar surface area (TPSA) is 47.4 Å². The van der Waals surface area contributed by atoms with Crippen LogP contribution in [-0.4, -0.2) is 15.6 Å². The van der Waals surface area contributed by atoms with Crippen molar-refractivity contribution in [2.75, 3.05) is 4.90 Å². The summed E-state index contributed by atoms with van der Waals surface area (Å²) in [6.45, 7) is 4.25. The van der Waals surface area contributed by atoms with Crippen LogP contribution in [0.2, 0.25) is 0 Å². The van der Waals surface area contributed by atoms with E-state index >= 15 is 0 Å². The number of benzene rings is 2. The van der Waals surface area contributed by atoms with Crippen LogP contribution >= 0.6 is 0 Å². The molecule has 2 aromatic heterocycles.